The molecule has 2 atom stereocenters. The number of anilines is 1. The van der Waals surface area contributed by atoms with Crippen LogP contribution < -0.4 is 5.32 Å². The van der Waals surface area contributed by atoms with Crippen LogP contribution in [0.1, 0.15) is 24.5 Å². The van der Waals surface area contributed by atoms with Crippen LogP contribution in [0.25, 0.3) is 0 Å². The molecule has 0 aromatic heterocycles. The predicted molar refractivity (Wildman–Crippen MR) is 69.5 cm³/mol. The molecule has 16 heavy (non-hydrogen) atoms. The number of nitrogens with one attached hydrogen (secondary N) is 1. The molecule has 0 saturated heterocycles. The van der Waals surface area contributed by atoms with Crippen molar-refractivity contribution in [2.24, 2.45) is 11.8 Å². The molecule has 1 fully saturated rings. The van der Waals surface area contributed by atoms with Crippen LogP contribution in [-0.2, 0) is 4.79 Å². The molecule has 1 aliphatic carbocycles. The molecule has 1 saturated carbocycles. The topological polar surface area (TPSA) is 29.1 Å². The largest absolute Gasteiger partial charge is 0.325 e. The number of carbonyl (C=O) groups is 1. The van der Waals surface area contributed by atoms with Gasteiger partial charge in [0.25, 0.3) is 0 Å². The van der Waals surface area contributed by atoms with Crippen LogP contribution in [-0.4, -0.2) is 5.91 Å². The Hall–Kier alpha value is -0.830. The van der Waals surface area contributed by atoms with Crippen molar-refractivity contribution in [3.63, 3.8) is 0 Å². The zero-order valence-corrected chi connectivity index (χ0v) is 11.4. The van der Waals surface area contributed by atoms with Gasteiger partial charge in [0.15, 0.2) is 0 Å². The summed E-state index contributed by atoms with van der Waals surface area (Å²) in [5, 5.41) is 3.01. The molecule has 1 N–H and O–H groups in total. The lowest BCUT2D eigenvalue weighted by atomic mass is 10.1. The zero-order valence-electron chi connectivity index (χ0n) is 9.80. The van der Waals surface area contributed by atoms with Crippen LogP contribution in [0.2, 0.25) is 0 Å². The van der Waals surface area contributed by atoms with Crippen molar-refractivity contribution < 1.29 is 4.79 Å². The minimum absolute atomic E-state index is 0.153. The lowest BCUT2D eigenvalue weighted by Crippen LogP contribution is -2.15. The number of hydrogen-bond acceptors (Lipinski definition) is 1. The van der Waals surface area contributed by atoms with Gasteiger partial charge in [-0.2, -0.15) is 0 Å². The summed E-state index contributed by atoms with van der Waals surface area (Å²) in [5.41, 5.74) is 3.21. The van der Waals surface area contributed by atoms with Gasteiger partial charge in [-0.3, -0.25) is 4.79 Å². The molecule has 2 rings (SSSR count). The minimum atomic E-state index is 0.153. The number of hydrogen-bond donors (Lipinski definition) is 1. The first kappa shape index (κ1) is 11.6. The van der Waals surface area contributed by atoms with E-state index in [2.05, 4.69) is 34.2 Å². The summed E-state index contributed by atoms with van der Waals surface area (Å²) < 4.78 is 0.964. The average Bonchev–Trinajstić information content (AvgIpc) is 2.88. The van der Waals surface area contributed by atoms with E-state index in [0.717, 1.165) is 22.1 Å². The van der Waals surface area contributed by atoms with Gasteiger partial charge in [-0.25, -0.2) is 0 Å². The smallest absolute Gasteiger partial charge is 0.227 e. The predicted octanol–water partition coefficient (Wildman–Crippen LogP) is 3.66. The summed E-state index contributed by atoms with van der Waals surface area (Å²) in [6.07, 6.45) is 1.02. The maximum absolute atomic E-state index is 11.8. The Kier molecular flexibility index (Phi) is 3.06. The van der Waals surface area contributed by atoms with Gasteiger partial charge < -0.3 is 5.32 Å². The fourth-order valence-electron chi connectivity index (χ4n) is 1.98. The van der Waals surface area contributed by atoms with Crippen molar-refractivity contribution in [2.75, 3.05) is 5.32 Å². The Morgan fingerprint density at radius 2 is 2.06 bits per heavy atom. The van der Waals surface area contributed by atoms with Gasteiger partial charge in [-0.1, -0.05) is 13.0 Å². The van der Waals surface area contributed by atoms with E-state index in [0.29, 0.717) is 5.92 Å². The molecule has 1 aromatic carbocycles. The highest BCUT2D eigenvalue weighted by atomic mass is 79.9. The summed E-state index contributed by atoms with van der Waals surface area (Å²) in [4.78, 5) is 11.8. The molecule has 0 aliphatic heterocycles. The van der Waals surface area contributed by atoms with E-state index in [-0.39, 0.29) is 11.8 Å². The van der Waals surface area contributed by atoms with Crippen molar-refractivity contribution in [3.05, 3.63) is 27.7 Å². The lowest BCUT2D eigenvalue weighted by molar-refractivity contribution is -0.117. The second-order valence-corrected chi connectivity index (χ2v) is 5.60. The third-order valence-corrected chi connectivity index (χ3v) is 3.75. The van der Waals surface area contributed by atoms with E-state index in [1.54, 1.807) is 0 Å². The molecule has 1 aromatic rings. The SMILES string of the molecule is Cc1cc(C)c(NC(=O)C2CC2C)c(Br)c1. The summed E-state index contributed by atoms with van der Waals surface area (Å²) in [7, 11) is 0. The quantitative estimate of drug-likeness (QED) is 0.881. The fraction of sp³-hybridized carbons (Fsp3) is 0.462. The van der Waals surface area contributed by atoms with Crippen LogP contribution in [0.5, 0.6) is 0 Å². The average molecular weight is 282 g/mol. The third kappa shape index (κ3) is 2.29. The van der Waals surface area contributed by atoms with E-state index < -0.39 is 0 Å². The Balaban J connectivity index is 2.18. The highest BCUT2D eigenvalue weighted by molar-refractivity contribution is 9.10. The molecule has 1 amide bonds. The van der Waals surface area contributed by atoms with E-state index in [1.165, 1.54) is 5.56 Å². The van der Waals surface area contributed by atoms with Crippen molar-refractivity contribution in [3.8, 4) is 0 Å². The summed E-state index contributed by atoms with van der Waals surface area (Å²) in [5.74, 6) is 0.914. The first-order valence-electron chi connectivity index (χ1n) is 5.56. The van der Waals surface area contributed by atoms with Crippen LogP contribution >= 0.6 is 15.9 Å². The van der Waals surface area contributed by atoms with Gasteiger partial charge in [-0.05, 0) is 59.3 Å². The minimum Gasteiger partial charge on any atom is -0.325 e. The number of carbonyl (C=O) groups excluding carboxylic acids is 1. The summed E-state index contributed by atoms with van der Waals surface area (Å²) >= 11 is 3.50. The first-order valence-corrected chi connectivity index (χ1v) is 6.36. The van der Waals surface area contributed by atoms with Gasteiger partial charge in [0.2, 0.25) is 5.91 Å². The van der Waals surface area contributed by atoms with Crippen molar-refractivity contribution in [2.45, 2.75) is 27.2 Å². The number of aryl methyl sites for hydroxylation is 2. The van der Waals surface area contributed by atoms with Gasteiger partial charge in [0, 0.05) is 10.4 Å². The van der Waals surface area contributed by atoms with Gasteiger partial charge in [0.05, 0.1) is 5.69 Å². The number of rotatable bonds is 2. The van der Waals surface area contributed by atoms with E-state index in [9.17, 15) is 4.79 Å². The van der Waals surface area contributed by atoms with E-state index in [4.69, 9.17) is 0 Å². The van der Waals surface area contributed by atoms with Crippen LogP contribution in [0.4, 0.5) is 5.69 Å². The molecular weight excluding hydrogens is 266 g/mol. The molecule has 3 heteroatoms. The Labute approximate surface area is 105 Å². The summed E-state index contributed by atoms with van der Waals surface area (Å²) in [6, 6.07) is 4.11. The van der Waals surface area contributed by atoms with Crippen molar-refractivity contribution in [1.82, 2.24) is 0 Å². The Morgan fingerprint density at radius 3 is 2.56 bits per heavy atom. The standard InChI is InChI=1S/C13H16BrNO/c1-7-4-9(3)12(11(14)5-7)15-13(16)10-6-8(10)2/h4-5,8,10H,6H2,1-3H3,(H,15,16). The number of benzene rings is 1. The van der Waals surface area contributed by atoms with Crippen LogP contribution in [0.3, 0.4) is 0 Å². The van der Waals surface area contributed by atoms with Crippen LogP contribution in [0, 0.1) is 25.7 Å². The highest BCUT2D eigenvalue weighted by Crippen LogP contribution is 2.39. The summed E-state index contributed by atoms with van der Waals surface area (Å²) in [6.45, 7) is 6.18. The molecule has 0 heterocycles. The maximum atomic E-state index is 11.8. The number of amides is 1. The Bertz CT molecular complexity index is 419. The second-order valence-electron chi connectivity index (χ2n) is 4.75. The second kappa shape index (κ2) is 4.21. The highest BCUT2D eigenvalue weighted by Gasteiger charge is 2.39. The van der Waals surface area contributed by atoms with Gasteiger partial charge in [-0.15, -0.1) is 0 Å². The normalized spacial score (nSPS) is 23.0. The Morgan fingerprint density at radius 1 is 1.44 bits per heavy atom. The third-order valence-electron chi connectivity index (χ3n) is 3.13. The van der Waals surface area contributed by atoms with E-state index >= 15 is 0 Å². The lowest BCUT2D eigenvalue weighted by Gasteiger charge is -2.11. The molecule has 1 aliphatic rings. The van der Waals surface area contributed by atoms with Crippen molar-refractivity contribution in [1.29, 1.82) is 0 Å². The monoisotopic (exact) mass is 281 g/mol. The molecule has 2 nitrogen and oxygen atoms in total. The molecule has 0 radical (unpaired) electrons. The van der Waals surface area contributed by atoms with Crippen LogP contribution in [0.15, 0.2) is 16.6 Å². The van der Waals surface area contributed by atoms with Crippen molar-refractivity contribution >= 4 is 27.5 Å². The zero-order chi connectivity index (χ0) is 11.9. The molecule has 0 bridgehead atoms. The maximum Gasteiger partial charge on any atom is 0.227 e. The van der Waals surface area contributed by atoms with E-state index in [1.807, 2.05) is 19.9 Å². The molecule has 2 unspecified atom stereocenters. The number of halogens is 1. The first-order chi connectivity index (χ1) is 7.49. The molecule has 0 spiro atoms. The fourth-order valence-corrected chi connectivity index (χ4v) is 2.75. The molecule has 86 valence electrons. The van der Waals surface area contributed by atoms with Gasteiger partial charge in [0.1, 0.15) is 0 Å². The van der Waals surface area contributed by atoms with Gasteiger partial charge >= 0.3 is 0 Å². The molecular formula is C13H16BrNO.